The summed E-state index contributed by atoms with van der Waals surface area (Å²) in [6, 6.07) is 9.86. The van der Waals surface area contributed by atoms with E-state index in [1.54, 1.807) is 55.4 Å². The molecule has 168 valence electrons. The number of H-pyrrole nitrogens is 1. The van der Waals surface area contributed by atoms with E-state index in [4.69, 9.17) is 35.1 Å². The lowest BCUT2D eigenvalue weighted by molar-refractivity contribution is -0.120. The molecule has 1 aliphatic heterocycles. The van der Waals surface area contributed by atoms with Crippen LogP contribution >= 0.6 is 23.8 Å². The standard InChI is InChI=1S/C23H19ClFN5O2S/c1-23(2)21(31)29(17-9-8-16(26-3)19(24)20(17)25)22(33)30(23)14-4-6-15(7-5-14)32-13-10-18-27-11-12-28-18/h4-9,11-12H,10,13H2,1-2H3,(H,27,28). The number of benzene rings is 2. The van der Waals surface area contributed by atoms with Gasteiger partial charge in [-0.3, -0.25) is 9.69 Å². The first kappa shape index (κ1) is 22.7. The van der Waals surface area contributed by atoms with E-state index in [1.165, 1.54) is 12.1 Å². The summed E-state index contributed by atoms with van der Waals surface area (Å²) in [7, 11) is 0. The highest BCUT2D eigenvalue weighted by Crippen LogP contribution is 2.40. The summed E-state index contributed by atoms with van der Waals surface area (Å²) in [6.07, 6.45) is 4.09. The van der Waals surface area contributed by atoms with E-state index in [1.807, 2.05) is 0 Å². The fraction of sp³-hybridized carbons (Fsp3) is 0.217. The Labute approximate surface area is 200 Å². The molecule has 7 nitrogen and oxygen atoms in total. The number of halogens is 2. The largest absolute Gasteiger partial charge is 0.493 e. The molecule has 0 bridgehead atoms. The van der Waals surface area contributed by atoms with Crippen LogP contribution in [-0.4, -0.2) is 33.1 Å². The van der Waals surface area contributed by atoms with Crippen molar-refractivity contribution in [2.45, 2.75) is 25.8 Å². The molecule has 10 heteroatoms. The maximum atomic E-state index is 14.9. The molecular formula is C23H19ClFN5O2S. The van der Waals surface area contributed by atoms with E-state index in [0.29, 0.717) is 24.5 Å². The van der Waals surface area contributed by atoms with Gasteiger partial charge in [-0.25, -0.2) is 14.2 Å². The monoisotopic (exact) mass is 483 g/mol. The number of anilines is 2. The number of nitrogens with one attached hydrogen (secondary N) is 1. The Hall–Kier alpha value is -3.48. The number of thiocarbonyl (C=S) groups is 1. The summed E-state index contributed by atoms with van der Waals surface area (Å²) < 4.78 is 20.7. The average molecular weight is 484 g/mol. The summed E-state index contributed by atoms with van der Waals surface area (Å²) in [5.41, 5.74) is -0.538. The van der Waals surface area contributed by atoms with Crippen LogP contribution < -0.4 is 14.5 Å². The molecule has 4 rings (SSSR count). The van der Waals surface area contributed by atoms with Gasteiger partial charge in [0.15, 0.2) is 10.9 Å². The van der Waals surface area contributed by atoms with Crippen molar-refractivity contribution in [3.05, 3.63) is 76.9 Å². The molecule has 1 fully saturated rings. The number of amides is 1. The third-order valence-corrected chi connectivity index (χ3v) is 6.05. The lowest BCUT2D eigenvalue weighted by Gasteiger charge is -2.29. The number of aromatic nitrogens is 2. The van der Waals surface area contributed by atoms with E-state index < -0.39 is 17.3 Å². The van der Waals surface area contributed by atoms with Crippen LogP contribution in [0.1, 0.15) is 19.7 Å². The molecule has 0 atom stereocenters. The molecule has 1 aromatic heterocycles. The summed E-state index contributed by atoms with van der Waals surface area (Å²) in [5.74, 6) is 0.228. The van der Waals surface area contributed by atoms with E-state index in [2.05, 4.69) is 14.8 Å². The molecule has 1 aliphatic rings. The molecule has 3 aromatic rings. The Kier molecular flexibility index (Phi) is 6.06. The number of hydrogen-bond donors (Lipinski definition) is 1. The van der Waals surface area contributed by atoms with Gasteiger partial charge in [0.05, 0.1) is 23.9 Å². The Morgan fingerprint density at radius 2 is 2.00 bits per heavy atom. The first-order chi connectivity index (χ1) is 15.8. The Morgan fingerprint density at radius 1 is 1.27 bits per heavy atom. The highest BCUT2D eigenvalue weighted by Gasteiger charge is 2.51. The van der Waals surface area contributed by atoms with Crippen LogP contribution in [0.4, 0.5) is 21.5 Å². The molecule has 1 saturated heterocycles. The maximum absolute atomic E-state index is 14.9. The number of aromatic amines is 1. The molecule has 0 saturated carbocycles. The molecule has 2 heterocycles. The zero-order valence-corrected chi connectivity index (χ0v) is 19.4. The van der Waals surface area contributed by atoms with Gasteiger partial charge >= 0.3 is 0 Å². The SMILES string of the molecule is [C-]#[N+]c1ccc(N2C(=O)C(C)(C)N(c3ccc(OCCc4ncc[nH]4)cc3)C2=S)c(F)c1Cl. The molecule has 0 spiro atoms. The van der Waals surface area contributed by atoms with Crippen LogP contribution in [0.5, 0.6) is 5.75 Å². The first-order valence-electron chi connectivity index (χ1n) is 10.0. The van der Waals surface area contributed by atoms with Gasteiger partial charge in [0.25, 0.3) is 5.91 Å². The zero-order chi connectivity index (χ0) is 23.8. The van der Waals surface area contributed by atoms with Gasteiger partial charge in [0.1, 0.15) is 17.1 Å². The minimum Gasteiger partial charge on any atom is -0.493 e. The molecule has 1 amide bonds. The van der Waals surface area contributed by atoms with Crippen LogP contribution in [0.15, 0.2) is 48.8 Å². The molecular weight excluding hydrogens is 465 g/mol. The zero-order valence-electron chi connectivity index (χ0n) is 17.8. The number of imidazole rings is 1. The Balaban J connectivity index is 1.57. The number of ether oxygens (including phenoxy) is 1. The number of nitrogens with zero attached hydrogens (tertiary/aromatic N) is 4. The van der Waals surface area contributed by atoms with Crippen LogP contribution in [0.2, 0.25) is 5.02 Å². The Bertz CT molecular complexity index is 1260. The van der Waals surface area contributed by atoms with Crippen molar-refractivity contribution in [3.63, 3.8) is 0 Å². The van der Waals surface area contributed by atoms with Gasteiger partial charge in [0.2, 0.25) is 5.69 Å². The smallest absolute Gasteiger partial charge is 0.259 e. The lowest BCUT2D eigenvalue weighted by atomic mass is 10.0. The van der Waals surface area contributed by atoms with Crippen molar-refractivity contribution in [1.82, 2.24) is 9.97 Å². The first-order valence-corrected chi connectivity index (χ1v) is 10.8. The number of carbonyl (C=O) groups is 1. The minimum atomic E-state index is -1.07. The van der Waals surface area contributed by atoms with Crippen molar-refractivity contribution in [2.24, 2.45) is 0 Å². The van der Waals surface area contributed by atoms with Gasteiger partial charge in [0, 0.05) is 24.5 Å². The quantitative estimate of drug-likeness (QED) is 0.381. The van der Waals surface area contributed by atoms with Gasteiger partial charge in [-0.15, -0.1) is 0 Å². The van der Waals surface area contributed by atoms with Crippen molar-refractivity contribution < 1.29 is 13.9 Å². The summed E-state index contributed by atoms with van der Waals surface area (Å²) >= 11 is 11.6. The average Bonchev–Trinajstić information content (AvgIpc) is 3.36. The predicted octanol–water partition coefficient (Wildman–Crippen LogP) is 5.29. The van der Waals surface area contributed by atoms with Gasteiger partial charge < -0.3 is 14.6 Å². The number of hydrogen-bond acceptors (Lipinski definition) is 4. The fourth-order valence-corrected chi connectivity index (χ4v) is 4.34. The predicted molar refractivity (Wildman–Crippen MR) is 129 cm³/mol. The second kappa shape index (κ2) is 8.81. The van der Waals surface area contributed by atoms with Crippen molar-refractivity contribution in [3.8, 4) is 5.75 Å². The van der Waals surface area contributed by atoms with Crippen molar-refractivity contribution >= 4 is 51.9 Å². The van der Waals surface area contributed by atoms with Crippen LogP contribution in [0.3, 0.4) is 0 Å². The molecule has 0 radical (unpaired) electrons. The maximum Gasteiger partial charge on any atom is 0.259 e. The molecule has 0 unspecified atom stereocenters. The van der Waals surface area contributed by atoms with Gasteiger partial charge in [-0.05, 0) is 56.4 Å². The summed E-state index contributed by atoms with van der Waals surface area (Å²) in [6.45, 7) is 11.0. The van der Waals surface area contributed by atoms with Gasteiger partial charge in [-0.1, -0.05) is 17.7 Å². The highest BCUT2D eigenvalue weighted by atomic mass is 35.5. The second-order valence-corrected chi connectivity index (χ2v) is 8.53. The normalized spacial score (nSPS) is 15.1. The van der Waals surface area contributed by atoms with Crippen LogP contribution in [0, 0.1) is 12.4 Å². The van der Waals surface area contributed by atoms with E-state index >= 15 is 0 Å². The van der Waals surface area contributed by atoms with E-state index in [9.17, 15) is 9.18 Å². The number of carbonyl (C=O) groups excluding carboxylic acids is 1. The fourth-order valence-electron chi connectivity index (χ4n) is 3.62. The topological polar surface area (TPSA) is 65.8 Å². The lowest BCUT2D eigenvalue weighted by Crippen LogP contribution is -2.44. The van der Waals surface area contributed by atoms with Crippen molar-refractivity contribution in [1.29, 1.82) is 0 Å². The Morgan fingerprint density at radius 3 is 2.64 bits per heavy atom. The van der Waals surface area contributed by atoms with Crippen LogP contribution in [0.25, 0.3) is 4.85 Å². The van der Waals surface area contributed by atoms with Crippen molar-refractivity contribution in [2.75, 3.05) is 16.4 Å². The second-order valence-electron chi connectivity index (χ2n) is 7.79. The van der Waals surface area contributed by atoms with Crippen LogP contribution in [-0.2, 0) is 11.2 Å². The van der Waals surface area contributed by atoms with E-state index in [0.717, 1.165) is 10.7 Å². The van der Waals surface area contributed by atoms with E-state index in [-0.39, 0.29) is 21.5 Å². The molecule has 2 aromatic carbocycles. The molecule has 1 N–H and O–H groups in total. The van der Waals surface area contributed by atoms with Gasteiger partial charge in [-0.2, -0.15) is 0 Å². The third-order valence-electron chi connectivity index (χ3n) is 5.33. The summed E-state index contributed by atoms with van der Waals surface area (Å²) in [5, 5.41) is -0.229. The molecule has 33 heavy (non-hydrogen) atoms. The minimum absolute atomic E-state index is 0.0331. The molecule has 0 aliphatic carbocycles. The number of rotatable bonds is 6. The summed E-state index contributed by atoms with van der Waals surface area (Å²) in [4.78, 5) is 26.4. The third kappa shape index (κ3) is 4.03. The highest BCUT2D eigenvalue weighted by molar-refractivity contribution is 7.81.